The van der Waals surface area contributed by atoms with Gasteiger partial charge in [0.05, 0.1) is 12.9 Å². The molecule has 0 aromatic heterocycles. The Morgan fingerprint density at radius 3 is 2.78 bits per heavy atom. The second kappa shape index (κ2) is 5.28. The Labute approximate surface area is 55.4 Å². The van der Waals surface area contributed by atoms with Gasteiger partial charge in [-0.1, -0.05) is 0 Å². The standard InChI is InChI=1S/C6H12N2O/c1-3-7-6-8(2)4-5-9/h5-6H,3-4H2,1-2H3. The second-order valence-corrected chi connectivity index (χ2v) is 1.72. The Morgan fingerprint density at radius 2 is 2.33 bits per heavy atom. The molecule has 0 spiro atoms. The third-order valence-electron chi connectivity index (χ3n) is 0.824. The summed E-state index contributed by atoms with van der Waals surface area (Å²) in [6.45, 7) is 3.14. The van der Waals surface area contributed by atoms with Crippen molar-refractivity contribution in [2.24, 2.45) is 4.99 Å². The van der Waals surface area contributed by atoms with Crippen LogP contribution in [-0.4, -0.2) is 37.7 Å². The summed E-state index contributed by atoms with van der Waals surface area (Å²) in [4.78, 5) is 15.5. The molecular weight excluding hydrogens is 116 g/mol. The summed E-state index contributed by atoms with van der Waals surface area (Å²) in [5.41, 5.74) is 0. The lowest BCUT2D eigenvalue weighted by Crippen LogP contribution is -2.18. The van der Waals surface area contributed by atoms with E-state index in [4.69, 9.17) is 0 Å². The summed E-state index contributed by atoms with van der Waals surface area (Å²) in [7, 11) is 1.81. The van der Waals surface area contributed by atoms with Crippen LogP contribution in [0.5, 0.6) is 0 Å². The number of likely N-dealkylation sites (N-methyl/N-ethyl adjacent to an activating group) is 1. The predicted octanol–water partition coefficient (Wildman–Crippen LogP) is 0.165. The van der Waals surface area contributed by atoms with Crippen LogP contribution in [0.1, 0.15) is 6.92 Å². The highest BCUT2D eigenvalue weighted by Gasteiger charge is 1.84. The molecule has 3 heteroatoms. The number of rotatable bonds is 4. The molecule has 0 bridgehead atoms. The molecular formula is C6H12N2O. The second-order valence-electron chi connectivity index (χ2n) is 1.72. The topological polar surface area (TPSA) is 32.7 Å². The van der Waals surface area contributed by atoms with Gasteiger partial charge >= 0.3 is 0 Å². The highest BCUT2D eigenvalue weighted by Crippen LogP contribution is 1.72. The van der Waals surface area contributed by atoms with E-state index in [1.807, 2.05) is 14.0 Å². The zero-order chi connectivity index (χ0) is 7.11. The molecule has 0 atom stereocenters. The van der Waals surface area contributed by atoms with Gasteiger partial charge in [-0.15, -0.1) is 0 Å². The van der Waals surface area contributed by atoms with Crippen molar-refractivity contribution < 1.29 is 4.79 Å². The lowest BCUT2D eigenvalue weighted by atomic mass is 10.6. The Hall–Kier alpha value is -0.860. The number of aliphatic imine (C=N–C) groups is 1. The molecule has 0 rings (SSSR count). The molecule has 0 radical (unpaired) electrons. The summed E-state index contributed by atoms with van der Waals surface area (Å²) in [6.07, 6.45) is 2.51. The van der Waals surface area contributed by atoms with E-state index in [9.17, 15) is 4.79 Å². The molecule has 0 aliphatic rings. The van der Waals surface area contributed by atoms with Crippen molar-refractivity contribution >= 4 is 12.6 Å². The van der Waals surface area contributed by atoms with E-state index >= 15 is 0 Å². The molecule has 52 valence electrons. The average Bonchev–Trinajstić information content (AvgIpc) is 1.85. The SMILES string of the molecule is CCN=CN(C)CC=O. The minimum atomic E-state index is 0.420. The van der Waals surface area contributed by atoms with E-state index in [1.165, 1.54) is 0 Å². The van der Waals surface area contributed by atoms with Gasteiger partial charge in [-0.3, -0.25) is 4.99 Å². The first-order valence-corrected chi connectivity index (χ1v) is 2.95. The molecule has 0 aliphatic heterocycles. The highest BCUT2D eigenvalue weighted by molar-refractivity contribution is 5.62. The molecule has 0 heterocycles. The fourth-order valence-electron chi connectivity index (χ4n) is 0.386. The first-order valence-electron chi connectivity index (χ1n) is 2.95. The number of carbonyl (C=O) groups excluding carboxylic acids is 1. The number of hydrogen-bond donors (Lipinski definition) is 0. The minimum Gasteiger partial charge on any atom is -0.359 e. The Balaban J connectivity index is 3.35. The van der Waals surface area contributed by atoms with Crippen molar-refractivity contribution in [1.29, 1.82) is 0 Å². The van der Waals surface area contributed by atoms with Crippen molar-refractivity contribution in [3.05, 3.63) is 0 Å². The zero-order valence-corrected chi connectivity index (χ0v) is 5.87. The van der Waals surface area contributed by atoms with Crippen LogP contribution >= 0.6 is 0 Å². The van der Waals surface area contributed by atoms with Crippen molar-refractivity contribution in [2.75, 3.05) is 20.1 Å². The number of nitrogens with zero attached hydrogens (tertiary/aromatic N) is 2. The predicted molar refractivity (Wildman–Crippen MR) is 37.7 cm³/mol. The Kier molecular flexibility index (Phi) is 4.78. The van der Waals surface area contributed by atoms with Gasteiger partial charge in [-0.2, -0.15) is 0 Å². The minimum absolute atomic E-state index is 0.420. The maximum atomic E-state index is 9.88. The van der Waals surface area contributed by atoms with E-state index in [0.29, 0.717) is 6.54 Å². The summed E-state index contributed by atoms with van der Waals surface area (Å²) >= 11 is 0. The quantitative estimate of drug-likeness (QED) is 0.307. The summed E-state index contributed by atoms with van der Waals surface area (Å²) < 4.78 is 0. The number of carbonyl (C=O) groups is 1. The third-order valence-corrected chi connectivity index (χ3v) is 0.824. The van der Waals surface area contributed by atoms with Crippen LogP contribution in [0.25, 0.3) is 0 Å². The van der Waals surface area contributed by atoms with Crippen LogP contribution in [0.2, 0.25) is 0 Å². The monoisotopic (exact) mass is 128 g/mol. The maximum absolute atomic E-state index is 9.88. The molecule has 9 heavy (non-hydrogen) atoms. The smallest absolute Gasteiger partial charge is 0.139 e. The fraction of sp³-hybridized carbons (Fsp3) is 0.667. The first kappa shape index (κ1) is 8.14. The van der Waals surface area contributed by atoms with Gasteiger partial charge in [0.15, 0.2) is 0 Å². The summed E-state index contributed by atoms with van der Waals surface area (Å²) in [6, 6.07) is 0. The van der Waals surface area contributed by atoms with Gasteiger partial charge in [0.2, 0.25) is 0 Å². The van der Waals surface area contributed by atoms with E-state index in [1.54, 1.807) is 11.2 Å². The lowest BCUT2D eigenvalue weighted by molar-refractivity contribution is -0.107. The van der Waals surface area contributed by atoms with Crippen LogP contribution in [0, 0.1) is 0 Å². The first-order chi connectivity index (χ1) is 4.31. The van der Waals surface area contributed by atoms with Gasteiger partial charge in [0, 0.05) is 13.6 Å². The van der Waals surface area contributed by atoms with Gasteiger partial charge in [0.1, 0.15) is 6.29 Å². The Bertz CT molecular complexity index is 101. The summed E-state index contributed by atoms with van der Waals surface area (Å²) in [5, 5.41) is 0. The van der Waals surface area contributed by atoms with Crippen molar-refractivity contribution in [3.8, 4) is 0 Å². The fourth-order valence-corrected chi connectivity index (χ4v) is 0.386. The van der Waals surface area contributed by atoms with Gasteiger partial charge in [-0.25, -0.2) is 0 Å². The number of hydrogen-bond acceptors (Lipinski definition) is 2. The van der Waals surface area contributed by atoms with E-state index in [-0.39, 0.29) is 0 Å². The van der Waals surface area contributed by atoms with Crippen LogP contribution in [0.4, 0.5) is 0 Å². The average molecular weight is 128 g/mol. The van der Waals surface area contributed by atoms with Crippen LogP contribution in [-0.2, 0) is 4.79 Å². The molecule has 0 saturated carbocycles. The molecule has 0 unspecified atom stereocenters. The van der Waals surface area contributed by atoms with Gasteiger partial charge < -0.3 is 9.69 Å². The van der Waals surface area contributed by atoms with E-state index in [2.05, 4.69) is 4.99 Å². The maximum Gasteiger partial charge on any atom is 0.139 e. The van der Waals surface area contributed by atoms with E-state index < -0.39 is 0 Å². The van der Waals surface area contributed by atoms with Crippen molar-refractivity contribution in [2.45, 2.75) is 6.92 Å². The van der Waals surface area contributed by atoms with Crippen molar-refractivity contribution in [3.63, 3.8) is 0 Å². The van der Waals surface area contributed by atoms with Gasteiger partial charge in [-0.05, 0) is 6.92 Å². The lowest BCUT2D eigenvalue weighted by Gasteiger charge is -2.05. The van der Waals surface area contributed by atoms with Gasteiger partial charge in [0.25, 0.3) is 0 Å². The molecule has 0 fully saturated rings. The molecule has 3 nitrogen and oxygen atoms in total. The Morgan fingerprint density at radius 1 is 1.67 bits per heavy atom. The van der Waals surface area contributed by atoms with Crippen LogP contribution < -0.4 is 0 Å². The van der Waals surface area contributed by atoms with Crippen LogP contribution in [0.15, 0.2) is 4.99 Å². The van der Waals surface area contributed by atoms with Crippen molar-refractivity contribution in [1.82, 2.24) is 4.90 Å². The highest BCUT2D eigenvalue weighted by atomic mass is 16.1. The summed E-state index contributed by atoms with van der Waals surface area (Å²) in [5.74, 6) is 0. The largest absolute Gasteiger partial charge is 0.359 e. The molecule has 0 amide bonds. The zero-order valence-electron chi connectivity index (χ0n) is 5.87. The molecule has 0 aromatic rings. The van der Waals surface area contributed by atoms with Crippen LogP contribution in [0.3, 0.4) is 0 Å². The molecule has 0 aromatic carbocycles. The molecule has 0 saturated heterocycles. The third kappa shape index (κ3) is 5.00. The molecule has 0 aliphatic carbocycles. The normalized spacial score (nSPS) is 10.0. The number of aldehydes is 1. The van der Waals surface area contributed by atoms with E-state index in [0.717, 1.165) is 12.8 Å². The molecule has 0 N–H and O–H groups in total.